The maximum absolute atomic E-state index is 13.0. The molecule has 1 aromatic heterocycles. The molecule has 1 unspecified atom stereocenters. The van der Waals surface area contributed by atoms with E-state index in [1.165, 1.54) is 24.9 Å². The molecule has 1 aromatic rings. The predicted molar refractivity (Wildman–Crippen MR) is 97.3 cm³/mol. The summed E-state index contributed by atoms with van der Waals surface area (Å²) in [5, 5.41) is 0. The molecule has 0 N–H and O–H groups in total. The van der Waals surface area contributed by atoms with Gasteiger partial charge in [-0.1, -0.05) is 12.8 Å². The zero-order valence-electron chi connectivity index (χ0n) is 15.1. The molecule has 0 radical (unpaired) electrons. The quantitative estimate of drug-likeness (QED) is 0.834. The van der Waals surface area contributed by atoms with Crippen molar-refractivity contribution in [2.24, 2.45) is 0 Å². The molecular formula is C19H30N4O. The van der Waals surface area contributed by atoms with Crippen LogP contribution in [-0.2, 0) is 4.79 Å². The first-order valence-corrected chi connectivity index (χ1v) is 9.32. The van der Waals surface area contributed by atoms with Gasteiger partial charge in [0, 0.05) is 43.8 Å². The predicted octanol–water partition coefficient (Wildman–Crippen LogP) is 2.30. The number of anilines is 1. The van der Waals surface area contributed by atoms with Gasteiger partial charge in [0.05, 0.1) is 6.04 Å². The zero-order valence-corrected chi connectivity index (χ0v) is 15.1. The normalized spacial score (nSPS) is 23.7. The highest BCUT2D eigenvalue weighted by Gasteiger charge is 2.29. The van der Waals surface area contributed by atoms with Crippen molar-refractivity contribution in [2.75, 3.05) is 44.7 Å². The third kappa shape index (κ3) is 4.07. The Morgan fingerprint density at radius 2 is 1.96 bits per heavy atom. The highest BCUT2D eigenvalue weighted by Crippen LogP contribution is 2.20. The van der Waals surface area contributed by atoms with E-state index in [2.05, 4.69) is 38.9 Å². The highest BCUT2D eigenvalue weighted by molar-refractivity contribution is 5.82. The van der Waals surface area contributed by atoms with Crippen LogP contribution in [0.4, 0.5) is 5.69 Å². The van der Waals surface area contributed by atoms with Crippen molar-refractivity contribution in [3.05, 3.63) is 24.0 Å². The Bertz CT molecular complexity index is 562. The van der Waals surface area contributed by atoms with Gasteiger partial charge >= 0.3 is 0 Å². The number of amides is 1. The second kappa shape index (κ2) is 7.97. The van der Waals surface area contributed by atoms with Crippen molar-refractivity contribution in [1.29, 1.82) is 0 Å². The van der Waals surface area contributed by atoms with Crippen LogP contribution < -0.4 is 4.90 Å². The minimum atomic E-state index is 0.0854. The Morgan fingerprint density at radius 3 is 2.79 bits per heavy atom. The molecule has 0 spiro atoms. The third-order valence-corrected chi connectivity index (χ3v) is 5.36. The molecule has 2 fully saturated rings. The van der Waals surface area contributed by atoms with E-state index in [9.17, 15) is 4.79 Å². The average Bonchev–Trinajstić information content (AvgIpc) is 2.94. The van der Waals surface area contributed by atoms with Crippen molar-refractivity contribution in [1.82, 2.24) is 14.8 Å². The van der Waals surface area contributed by atoms with Crippen LogP contribution in [0.3, 0.4) is 0 Å². The smallest absolute Gasteiger partial charge is 0.239 e. The van der Waals surface area contributed by atoms with E-state index >= 15 is 0 Å². The van der Waals surface area contributed by atoms with Gasteiger partial charge < -0.3 is 9.80 Å². The second-order valence-corrected chi connectivity index (χ2v) is 7.17. The van der Waals surface area contributed by atoms with Crippen LogP contribution in [0.2, 0.25) is 0 Å². The molecule has 1 atom stereocenters. The zero-order chi connectivity index (χ0) is 16.9. The largest absolute Gasteiger partial charge is 0.370 e. The molecule has 0 aromatic carbocycles. The number of pyridine rings is 1. The van der Waals surface area contributed by atoms with Crippen LogP contribution in [0.25, 0.3) is 0 Å². The van der Waals surface area contributed by atoms with E-state index in [0.717, 1.165) is 51.3 Å². The number of hydrogen-bond donors (Lipinski definition) is 0. The molecule has 24 heavy (non-hydrogen) atoms. The van der Waals surface area contributed by atoms with E-state index < -0.39 is 0 Å². The number of likely N-dealkylation sites (N-methyl/N-ethyl adjacent to an activating group) is 1. The topological polar surface area (TPSA) is 39.7 Å². The molecule has 5 heteroatoms. The molecule has 3 heterocycles. The summed E-state index contributed by atoms with van der Waals surface area (Å²) in [7, 11) is 2.11. The van der Waals surface area contributed by atoms with Gasteiger partial charge in [-0.15, -0.1) is 0 Å². The third-order valence-electron chi connectivity index (χ3n) is 5.36. The number of rotatable bonds is 2. The van der Waals surface area contributed by atoms with Crippen LogP contribution in [0.5, 0.6) is 0 Å². The van der Waals surface area contributed by atoms with Gasteiger partial charge in [0.2, 0.25) is 5.91 Å². The van der Waals surface area contributed by atoms with Crippen LogP contribution in [-0.4, -0.2) is 66.5 Å². The SMILES string of the molecule is Cc1cc(N2CCCN(C(=O)C3CCCCCN3C)CC2)ccn1. The van der Waals surface area contributed by atoms with E-state index in [4.69, 9.17) is 0 Å². The van der Waals surface area contributed by atoms with E-state index in [-0.39, 0.29) is 6.04 Å². The number of carbonyl (C=O) groups excluding carboxylic acids is 1. The lowest BCUT2D eigenvalue weighted by atomic mass is 10.1. The molecule has 5 nitrogen and oxygen atoms in total. The fraction of sp³-hybridized carbons (Fsp3) is 0.684. The van der Waals surface area contributed by atoms with Gasteiger partial charge in [-0.2, -0.15) is 0 Å². The van der Waals surface area contributed by atoms with Crippen molar-refractivity contribution in [3.8, 4) is 0 Å². The Kier molecular flexibility index (Phi) is 5.72. The molecule has 0 aliphatic carbocycles. The van der Waals surface area contributed by atoms with Gasteiger partial charge in [0.1, 0.15) is 0 Å². The summed E-state index contributed by atoms with van der Waals surface area (Å²) in [5.41, 5.74) is 2.27. The summed E-state index contributed by atoms with van der Waals surface area (Å²) in [4.78, 5) is 24.1. The molecule has 2 aliphatic heterocycles. The maximum atomic E-state index is 13.0. The molecule has 0 bridgehead atoms. The lowest BCUT2D eigenvalue weighted by molar-refractivity contribution is -0.136. The summed E-state index contributed by atoms with van der Waals surface area (Å²) in [6.07, 6.45) is 7.57. The van der Waals surface area contributed by atoms with E-state index in [1.54, 1.807) is 0 Å². The number of nitrogens with zero attached hydrogens (tertiary/aromatic N) is 4. The maximum Gasteiger partial charge on any atom is 0.239 e. The molecule has 2 aliphatic rings. The van der Waals surface area contributed by atoms with Crippen molar-refractivity contribution in [2.45, 2.75) is 45.1 Å². The summed E-state index contributed by atoms with van der Waals surface area (Å²) in [5.74, 6) is 0.340. The Morgan fingerprint density at radius 1 is 1.08 bits per heavy atom. The Labute approximate surface area is 145 Å². The van der Waals surface area contributed by atoms with Gasteiger partial charge in [-0.25, -0.2) is 0 Å². The van der Waals surface area contributed by atoms with Gasteiger partial charge in [0.25, 0.3) is 0 Å². The fourth-order valence-electron chi connectivity index (χ4n) is 3.90. The molecule has 132 valence electrons. The summed E-state index contributed by atoms with van der Waals surface area (Å²) < 4.78 is 0. The van der Waals surface area contributed by atoms with Gasteiger partial charge in [0.15, 0.2) is 0 Å². The minimum Gasteiger partial charge on any atom is -0.370 e. The summed E-state index contributed by atoms with van der Waals surface area (Å²) >= 11 is 0. The molecule has 2 saturated heterocycles. The number of hydrogen-bond acceptors (Lipinski definition) is 4. The van der Waals surface area contributed by atoms with Crippen LogP contribution >= 0.6 is 0 Å². The van der Waals surface area contributed by atoms with E-state index in [1.807, 2.05) is 13.1 Å². The first-order valence-electron chi connectivity index (χ1n) is 9.32. The monoisotopic (exact) mass is 330 g/mol. The molecule has 3 rings (SSSR count). The van der Waals surface area contributed by atoms with Gasteiger partial charge in [-0.3, -0.25) is 14.7 Å². The second-order valence-electron chi connectivity index (χ2n) is 7.17. The van der Waals surface area contributed by atoms with Crippen molar-refractivity contribution >= 4 is 11.6 Å². The van der Waals surface area contributed by atoms with Crippen molar-refractivity contribution < 1.29 is 4.79 Å². The molecule has 0 saturated carbocycles. The standard InChI is InChI=1S/C19H30N4O/c1-16-15-17(8-9-20-16)22-11-6-12-23(14-13-22)19(24)18-7-4-3-5-10-21(18)2/h8-9,15,18H,3-7,10-14H2,1-2H3. The fourth-order valence-corrected chi connectivity index (χ4v) is 3.90. The summed E-state index contributed by atoms with van der Waals surface area (Å²) in [6.45, 7) is 6.69. The minimum absolute atomic E-state index is 0.0854. The van der Waals surface area contributed by atoms with Crippen molar-refractivity contribution in [3.63, 3.8) is 0 Å². The van der Waals surface area contributed by atoms with Crippen LogP contribution in [0, 0.1) is 6.92 Å². The van der Waals surface area contributed by atoms with Crippen LogP contribution in [0.15, 0.2) is 18.3 Å². The number of carbonyl (C=O) groups is 1. The van der Waals surface area contributed by atoms with Gasteiger partial charge in [-0.05, 0) is 51.9 Å². The lowest BCUT2D eigenvalue weighted by Gasteiger charge is -2.31. The first kappa shape index (κ1) is 17.2. The lowest BCUT2D eigenvalue weighted by Crippen LogP contribution is -2.48. The molecular weight excluding hydrogens is 300 g/mol. The Balaban J connectivity index is 1.63. The summed E-state index contributed by atoms with van der Waals surface area (Å²) in [6, 6.07) is 4.29. The Hall–Kier alpha value is -1.62. The molecule has 1 amide bonds. The van der Waals surface area contributed by atoms with E-state index in [0.29, 0.717) is 5.91 Å². The number of likely N-dealkylation sites (tertiary alicyclic amines) is 1. The first-order chi connectivity index (χ1) is 11.6. The van der Waals surface area contributed by atoms with Crippen LogP contribution in [0.1, 0.15) is 37.8 Å². The number of aromatic nitrogens is 1. The number of aryl methyl sites for hydroxylation is 1. The average molecular weight is 330 g/mol. The highest BCUT2D eigenvalue weighted by atomic mass is 16.2.